The summed E-state index contributed by atoms with van der Waals surface area (Å²) in [5.41, 5.74) is 5.50. The summed E-state index contributed by atoms with van der Waals surface area (Å²) in [6.45, 7) is 0. The molecule has 0 saturated carbocycles. The molecule has 0 unspecified atom stereocenters. The third-order valence-corrected chi connectivity index (χ3v) is 2.60. The molecule has 0 saturated heterocycles. The zero-order valence-corrected chi connectivity index (χ0v) is 11.4. The first-order valence-corrected chi connectivity index (χ1v) is 6.03. The van der Waals surface area contributed by atoms with Crippen molar-refractivity contribution in [3.05, 3.63) is 34.9 Å². The van der Waals surface area contributed by atoms with Gasteiger partial charge in [0.15, 0.2) is 5.75 Å². The summed E-state index contributed by atoms with van der Waals surface area (Å²) in [4.78, 5) is 7.52. The van der Waals surface area contributed by atoms with Crippen LogP contribution in [0, 0.1) is 0 Å². The number of rotatable bonds is 3. The normalized spacial score (nSPS) is 11.2. The third kappa shape index (κ3) is 3.98. The Morgan fingerprint density at radius 2 is 2.00 bits per heavy atom. The van der Waals surface area contributed by atoms with Gasteiger partial charge in [0.05, 0.1) is 5.69 Å². The Morgan fingerprint density at radius 1 is 1.25 bits per heavy atom. The third-order valence-electron chi connectivity index (χ3n) is 2.11. The van der Waals surface area contributed by atoms with E-state index in [2.05, 4.69) is 36.0 Å². The lowest BCUT2D eigenvalue weighted by molar-refractivity contribution is -0.274. The monoisotopic (exact) mass is 348 g/mol. The van der Waals surface area contributed by atoms with Crippen LogP contribution < -0.4 is 15.8 Å². The lowest BCUT2D eigenvalue weighted by Crippen LogP contribution is -2.18. The van der Waals surface area contributed by atoms with Crippen LogP contribution in [-0.4, -0.2) is 16.3 Å². The molecule has 3 N–H and O–H groups in total. The molecule has 9 heteroatoms. The molecule has 0 aliphatic heterocycles. The summed E-state index contributed by atoms with van der Waals surface area (Å²) in [6, 6.07) is 5.65. The van der Waals surface area contributed by atoms with Crippen LogP contribution in [0.3, 0.4) is 0 Å². The lowest BCUT2D eigenvalue weighted by atomic mass is 10.3. The molecule has 0 bridgehead atoms. The second kappa shape index (κ2) is 5.53. The summed E-state index contributed by atoms with van der Waals surface area (Å²) in [5, 5.41) is 2.69. The minimum atomic E-state index is -4.79. The van der Waals surface area contributed by atoms with Gasteiger partial charge in [0.25, 0.3) is 0 Å². The van der Waals surface area contributed by atoms with E-state index >= 15 is 0 Å². The van der Waals surface area contributed by atoms with Gasteiger partial charge >= 0.3 is 6.36 Å². The Hall–Kier alpha value is -2.03. The van der Waals surface area contributed by atoms with E-state index in [1.165, 1.54) is 24.4 Å². The number of alkyl halides is 3. The predicted molar refractivity (Wildman–Crippen MR) is 70.6 cm³/mol. The number of nitrogen functional groups attached to an aromatic ring is 1. The van der Waals surface area contributed by atoms with E-state index in [9.17, 15) is 13.2 Å². The van der Waals surface area contributed by atoms with Crippen LogP contribution in [0.2, 0.25) is 0 Å². The van der Waals surface area contributed by atoms with E-state index in [0.717, 1.165) is 0 Å². The molecule has 0 atom stereocenters. The second-order valence-corrected chi connectivity index (χ2v) is 4.53. The van der Waals surface area contributed by atoms with Gasteiger partial charge in [-0.2, -0.15) is 4.98 Å². The standard InChI is InChI=1S/C11H8BrF3N4O/c12-6-1-2-7(8(5-6)20-11(13,14)15)18-9-3-4-17-10(16)19-9/h1-5H,(H3,16,17,18,19). The molecule has 0 aliphatic rings. The highest BCUT2D eigenvalue weighted by atomic mass is 79.9. The number of aromatic nitrogens is 2. The van der Waals surface area contributed by atoms with Crippen molar-refractivity contribution in [2.45, 2.75) is 6.36 Å². The van der Waals surface area contributed by atoms with Crippen molar-refractivity contribution in [1.82, 2.24) is 9.97 Å². The predicted octanol–water partition coefficient (Wildman–Crippen LogP) is 3.46. The zero-order chi connectivity index (χ0) is 14.8. The van der Waals surface area contributed by atoms with Crippen molar-refractivity contribution in [2.24, 2.45) is 0 Å². The van der Waals surface area contributed by atoms with E-state index in [1.807, 2.05) is 0 Å². The number of nitrogens with zero attached hydrogens (tertiary/aromatic N) is 2. The first-order chi connectivity index (χ1) is 9.33. The highest BCUT2D eigenvalue weighted by Gasteiger charge is 2.32. The fourth-order valence-electron chi connectivity index (χ4n) is 1.39. The molecule has 5 nitrogen and oxygen atoms in total. The maximum atomic E-state index is 12.3. The molecule has 1 aromatic heterocycles. The van der Waals surface area contributed by atoms with Gasteiger partial charge in [0.2, 0.25) is 5.95 Å². The first kappa shape index (κ1) is 14.4. The number of halogens is 4. The van der Waals surface area contributed by atoms with Crippen LogP contribution in [0.15, 0.2) is 34.9 Å². The molecule has 0 aliphatic carbocycles. The van der Waals surface area contributed by atoms with Gasteiger partial charge in [0.1, 0.15) is 5.82 Å². The number of hydrogen-bond acceptors (Lipinski definition) is 5. The van der Waals surface area contributed by atoms with Crippen molar-refractivity contribution in [2.75, 3.05) is 11.1 Å². The molecule has 106 valence electrons. The van der Waals surface area contributed by atoms with E-state index in [4.69, 9.17) is 5.73 Å². The molecular formula is C11H8BrF3N4O. The minimum Gasteiger partial charge on any atom is -0.404 e. The van der Waals surface area contributed by atoms with E-state index in [-0.39, 0.29) is 23.2 Å². The maximum absolute atomic E-state index is 12.3. The van der Waals surface area contributed by atoms with Crippen molar-refractivity contribution in [3.8, 4) is 5.75 Å². The van der Waals surface area contributed by atoms with Crippen LogP contribution in [0.1, 0.15) is 0 Å². The van der Waals surface area contributed by atoms with E-state index in [1.54, 1.807) is 6.07 Å². The second-order valence-electron chi connectivity index (χ2n) is 3.61. The zero-order valence-electron chi connectivity index (χ0n) is 9.78. The maximum Gasteiger partial charge on any atom is 0.573 e. The fraction of sp³-hybridized carbons (Fsp3) is 0.0909. The fourth-order valence-corrected chi connectivity index (χ4v) is 1.73. The van der Waals surface area contributed by atoms with Crippen LogP contribution in [0.25, 0.3) is 0 Å². The molecule has 2 aromatic rings. The summed E-state index contributed by atoms with van der Waals surface area (Å²) >= 11 is 3.08. The number of benzene rings is 1. The average molecular weight is 349 g/mol. The molecule has 2 rings (SSSR count). The molecule has 1 heterocycles. The first-order valence-electron chi connectivity index (χ1n) is 5.24. The molecule has 1 aromatic carbocycles. The van der Waals surface area contributed by atoms with Crippen LogP contribution in [0.4, 0.5) is 30.6 Å². The summed E-state index contributed by atoms with van der Waals surface area (Å²) in [6.07, 6.45) is -3.41. The molecular weight excluding hydrogens is 341 g/mol. The number of nitrogens with two attached hydrogens (primary N) is 1. The van der Waals surface area contributed by atoms with Gasteiger partial charge in [0, 0.05) is 10.7 Å². The highest BCUT2D eigenvalue weighted by molar-refractivity contribution is 9.10. The van der Waals surface area contributed by atoms with Crippen molar-refractivity contribution < 1.29 is 17.9 Å². The quantitative estimate of drug-likeness (QED) is 0.888. The Balaban J connectivity index is 2.31. The van der Waals surface area contributed by atoms with Crippen LogP contribution in [-0.2, 0) is 0 Å². The molecule has 20 heavy (non-hydrogen) atoms. The molecule has 0 spiro atoms. The van der Waals surface area contributed by atoms with Gasteiger partial charge in [-0.1, -0.05) is 15.9 Å². The van der Waals surface area contributed by atoms with Crippen molar-refractivity contribution in [3.63, 3.8) is 0 Å². The van der Waals surface area contributed by atoms with Crippen molar-refractivity contribution >= 4 is 33.4 Å². The Kier molecular flexibility index (Phi) is 3.98. The van der Waals surface area contributed by atoms with Crippen LogP contribution >= 0.6 is 15.9 Å². The Labute approximate surface area is 120 Å². The number of ether oxygens (including phenoxy) is 1. The van der Waals surface area contributed by atoms with Gasteiger partial charge in [-0.25, -0.2) is 4.98 Å². The highest BCUT2D eigenvalue weighted by Crippen LogP contribution is 2.34. The van der Waals surface area contributed by atoms with Crippen LogP contribution in [0.5, 0.6) is 5.75 Å². The molecule has 0 fully saturated rings. The SMILES string of the molecule is Nc1nccc(Nc2ccc(Br)cc2OC(F)(F)F)n1. The topological polar surface area (TPSA) is 73.1 Å². The van der Waals surface area contributed by atoms with Crippen molar-refractivity contribution in [1.29, 1.82) is 0 Å². The van der Waals surface area contributed by atoms with E-state index in [0.29, 0.717) is 4.47 Å². The lowest BCUT2D eigenvalue weighted by Gasteiger charge is -2.14. The largest absolute Gasteiger partial charge is 0.573 e. The summed E-state index contributed by atoms with van der Waals surface area (Å²) in [5.74, 6) is -0.124. The Bertz CT molecular complexity index is 621. The number of nitrogens with one attached hydrogen (secondary N) is 1. The van der Waals surface area contributed by atoms with Gasteiger partial charge in [-0.15, -0.1) is 13.2 Å². The average Bonchev–Trinajstić information content (AvgIpc) is 2.31. The smallest absolute Gasteiger partial charge is 0.404 e. The minimum absolute atomic E-state index is 0.00500. The Morgan fingerprint density at radius 3 is 2.65 bits per heavy atom. The van der Waals surface area contributed by atoms with E-state index < -0.39 is 6.36 Å². The number of anilines is 3. The molecule has 0 radical (unpaired) electrons. The van der Waals surface area contributed by atoms with Gasteiger partial charge < -0.3 is 15.8 Å². The van der Waals surface area contributed by atoms with Gasteiger partial charge in [-0.05, 0) is 24.3 Å². The van der Waals surface area contributed by atoms with Gasteiger partial charge in [-0.3, -0.25) is 0 Å². The molecule has 0 amide bonds. The summed E-state index contributed by atoms with van der Waals surface area (Å²) < 4.78 is 41.4. The summed E-state index contributed by atoms with van der Waals surface area (Å²) in [7, 11) is 0. The number of hydrogen-bond donors (Lipinski definition) is 2.